The average Bonchev–Trinajstić information content (AvgIpc) is 2.75. The summed E-state index contributed by atoms with van der Waals surface area (Å²) in [7, 11) is 0.560. The van der Waals surface area contributed by atoms with Gasteiger partial charge in [0.2, 0.25) is 10.0 Å². The molecule has 9 nitrogen and oxygen atoms in total. The zero-order valence-electron chi connectivity index (χ0n) is 19.1. The summed E-state index contributed by atoms with van der Waals surface area (Å²) < 4.78 is 31.2. The SMILES string of the molecule is CCC[NH+](CC(=O)Nc1ccc(Cl)c(S(=O)(=O)N(C)C)c1)CC(=O)Nc1ccccc1OC. The molecule has 2 aromatic carbocycles. The molecule has 0 aliphatic heterocycles. The van der Waals surface area contributed by atoms with Gasteiger partial charge in [0.05, 0.1) is 24.4 Å². The number of hydrogen-bond donors (Lipinski definition) is 3. The topological polar surface area (TPSA) is 109 Å². The fourth-order valence-electron chi connectivity index (χ4n) is 3.17. The van der Waals surface area contributed by atoms with Gasteiger partial charge in [0, 0.05) is 19.8 Å². The molecule has 180 valence electrons. The number of sulfonamides is 1. The maximum Gasteiger partial charge on any atom is 0.279 e. The van der Waals surface area contributed by atoms with Crippen molar-refractivity contribution in [3.05, 3.63) is 47.5 Å². The Morgan fingerprint density at radius 2 is 1.70 bits per heavy atom. The van der Waals surface area contributed by atoms with Crippen molar-refractivity contribution < 1.29 is 27.6 Å². The third kappa shape index (κ3) is 7.43. The summed E-state index contributed by atoms with van der Waals surface area (Å²) in [4.78, 5) is 25.9. The number of hydrogen-bond acceptors (Lipinski definition) is 5. The van der Waals surface area contributed by atoms with Crippen LogP contribution in [0.1, 0.15) is 13.3 Å². The lowest BCUT2D eigenvalue weighted by Crippen LogP contribution is -3.14. The van der Waals surface area contributed by atoms with Crippen LogP contribution in [0.2, 0.25) is 5.02 Å². The normalized spacial score (nSPS) is 12.3. The summed E-state index contributed by atoms with van der Waals surface area (Å²) in [6.45, 7) is 2.69. The van der Waals surface area contributed by atoms with E-state index in [1.165, 1.54) is 39.4 Å². The lowest BCUT2D eigenvalue weighted by molar-refractivity contribution is -0.883. The highest BCUT2D eigenvalue weighted by molar-refractivity contribution is 7.89. The minimum Gasteiger partial charge on any atom is -0.495 e. The number of rotatable bonds is 11. The molecule has 3 N–H and O–H groups in total. The zero-order chi connectivity index (χ0) is 24.6. The number of quaternary nitrogens is 1. The van der Waals surface area contributed by atoms with Gasteiger partial charge in [-0.3, -0.25) is 9.59 Å². The average molecular weight is 498 g/mol. The van der Waals surface area contributed by atoms with Crippen LogP contribution in [0.5, 0.6) is 5.75 Å². The highest BCUT2D eigenvalue weighted by Crippen LogP contribution is 2.26. The Kier molecular flexibility index (Phi) is 9.66. The van der Waals surface area contributed by atoms with Crippen molar-refractivity contribution in [3.63, 3.8) is 0 Å². The number of anilines is 2. The summed E-state index contributed by atoms with van der Waals surface area (Å²) in [5.74, 6) is -0.0486. The van der Waals surface area contributed by atoms with Crippen molar-refractivity contribution in [1.29, 1.82) is 0 Å². The first-order chi connectivity index (χ1) is 15.6. The van der Waals surface area contributed by atoms with E-state index < -0.39 is 10.0 Å². The molecular weight excluding hydrogens is 468 g/mol. The van der Waals surface area contributed by atoms with Crippen molar-refractivity contribution in [2.24, 2.45) is 0 Å². The molecule has 0 saturated carbocycles. The van der Waals surface area contributed by atoms with Gasteiger partial charge in [-0.05, 0) is 36.8 Å². The maximum atomic E-state index is 12.6. The first-order valence-electron chi connectivity index (χ1n) is 10.4. The Morgan fingerprint density at radius 3 is 2.30 bits per heavy atom. The van der Waals surface area contributed by atoms with E-state index in [-0.39, 0.29) is 34.8 Å². The number of ether oxygens (including phenoxy) is 1. The molecule has 0 bridgehead atoms. The Bertz CT molecular complexity index is 1090. The fourth-order valence-corrected chi connectivity index (χ4v) is 4.56. The Labute approximate surface area is 199 Å². The van der Waals surface area contributed by atoms with Gasteiger partial charge in [0.1, 0.15) is 10.6 Å². The van der Waals surface area contributed by atoms with Crippen LogP contribution in [0.15, 0.2) is 47.4 Å². The lowest BCUT2D eigenvalue weighted by atomic mass is 10.3. The van der Waals surface area contributed by atoms with E-state index in [0.717, 1.165) is 15.6 Å². The first-order valence-corrected chi connectivity index (χ1v) is 12.2. The van der Waals surface area contributed by atoms with Crippen LogP contribution in [0.4, 0.5) is 11.4 Å². The summed E-state index contributed by atoms with van der Waals surface area (Å²) in [5.41, 5.74) is 0.861. The van der Waals surface area contributed by atoms with Gasteiger partial charge >= 0.3 is 0 Å². The van der Waals surface area contributed by atoms with Crippen molar-refractivity contribution in [2.75, 3.05) is 51.5 Å². The largest absolute Gasteiger partial charge is 0.495 e. The highest BCUT2D eigenvalue weighted by Gasteiger charge is 2.23. The van der Waals surface area contributed by atoms with Gasteiger partial charge in [0.15, 0.2) is 13.1 Å². The molecule has 0 radical (unpaired) electrons. The summed E-state index contributed by atoms with van der Waals surface area (Å²) >= 11 is 6.06. The number of nitrogens with one attached hydrogen (secondary N) is 3. The molecule has 0 saturated heterocycles. The molecule has 0 heterocycles. The van der Waals surface area contributed by atoms with E-state index in [2.05, 4.69) is 10.6 Å². The number of halogens is 1. The number of methoxy groups -OCH3 is 1. The van der Waals surface area contributed by atoms with Crippen molar-refractivity contribution >= 4 is 44.8 Å². The molecule has 2 amide bonds. The van der Waals surface area contributed by atoms with Crippen molar-refractivity contribution in [3.8, 4) is 5.75 Å². The number of carbonyl (C=O) groups excluding carboxylic acids is 2. The van der Waals surface area contributed by atoms with Crippen LogP contribution in [0.3, 0.4) is 0 Å². The van der Waals surface area contributed by atoms with Gasteiger partial charge in [-0.25, -0.2) is 12.7 Å². The minimum atomic E-state index is -3.77. The van der Waals surface area contributed by atoms with Crippen LogP contribution >= 0.6 is 11.6 Å². The van der Waals surface area contributed by atoms with Crippen molar-refractivity contribution in [2.45, 2.75) is 18.2 Å². The molecule has 0 aliphatic carbocycles. The summed E-state index contributed by atoms with van der Waals surface area (Å²) in [6, 6.07) is 11.4. The van der Waals surface area contributed by atoms with Crippen LogP contribution in [0.25, 0.3) is 0 Å². The number of para-hydroxylation sites is 2. The molecule has 0 spiro atoms. The predicted molar refractivity (Wildman–Crippen MR) is 128 cm³/mol. The maximum absolute atomic E-state index is 12.6. The van der Waals surface area contributed by atoms with Crippen LogP contribution in [-0.4, -0.2) is 65.4 Å². The van der Waals surface area contributed by atoms with Gasteiger partial charge in [-0.2, -0.15) is 0 Å². The van der Waals surface area contributed by atoms with Gasteiger partial charge < -0.3 is 20.3 Å². The molecule has 2 aromatic rings. The predicted octanol–water partition coefficient (Wildman–Crippen LogP) is 1.47. The molecule has 11 heteroatoms. The third-order valence-electron chi connectivity index (χ3n) is 4.78. The van der Waals surface area contributed by atoms with Gasteiger partial charge in [-0.15, -0.1) is 0 Å². The molecule has 33 heavy (non-hydrogen) atoms. The number of amides is 2. The summed E-state index contributed by atoms with van der Waals surface area (Å²) in [5, 5.41) is 5.57. The standard InChI is InChI=1S/C22H29ClN4O5S/c1-5-12-27(15-22(29)25-18-8-6-7-9-19(18)32-4)14-21(28)24-16-10-11-17(23)20(13-16)33(30,31)26(2)3/h6-11,13H,5,12,14-15H2,1-4H3,(H,24,28)(H,25,29)/p+1. The number of carbonyl (C=O) groups is 2. The second kappa shape index (κ2) is 12.0. The molecule has 2 rings (SSSR count). The van der Waals surface area contributed by atoms with E-state index >= 15 is 0 Å². The molecule has 1 unspecified atom stereocenters. The van der Waals surface area contributed by atoms with Crippen LogP contribution < -0.4 is 20.3 Å². The van der Waals surface area contributed by atoms with Gasteiger partial charge in [0.25, 0.3) is 11.8 Å². The van der Waals surface area contributed by atoms with Gasteiger partial charge in [-0.1, -0.05) is 30.7 Å². The lowest BCUT2D eigenvalue weighted by Gasteiger charge is -2.19. The third-order valence-corrected chi connectivity index (χ3v) is 7.08. The van der Waals surface area contributed by atoms with Crippen LogP contribution in [0, 0.1) is 0 Å². The molecule has 0 fully saturated rings. The van der Waals surface area contributed by atoms with Crippen LogP contribution in [-0.2, 0) is 19.6 Å². The number of benzene rings is 2. The highest BCUT2D eigenvalue weighted by atomic mass is 35.5. The Balaban J connectivity index is 2.06. The summed E-state index contributed by atoms with van der Waals surface area (Å²) in [6.07, 6.45) is 0.775. The van der Waals surface area contributed by atoms with E-state index in [1.54, 1.807) is 24.3 Å². The Hall–Kier alpha value is -2.66. The zero-order valence-corrected chi connectivity index (χ0v) is 20.7. The Morgan fingerprint density at radius 1 is 1.06 bits per heavy atom. The second-order valence-electron chi connectivity index (χ2n) is 7.58. The van der Waals surface area contributed by atoms with E-state index in [4.69, 9.17) is 16.3 Å². The molecular formula is C22H30ClN4O5S+. The molecule has 0 aromatic heterocycles. The van der Waals surface area contributed by atoms with E-state index in [0.29, 0.717) is 23.7 Å². The smallest absolute Gasteiger partial charge is 0.279 e. The second-order valence-corrected chi connectivity index (χ2v) is 10.1. The quantitative estimate of drug-likeness (QED) is 0.435. The molecule has 1 atom stereocenters. The fraction of sp³-hybridized carbons (Fsp3) is 0.364. The van der Waals surface area contributed by atoms with E-state index in [9.17, 15) is 18.0 Å². The van der Waals surface area contributed by atoms with Crippen molar-refractivity contribution in [1.82, 2.24) is 4.31 Å². The number of nitrogens with zero attached hydrogens (tertiary/aromatic N) is 1. The minimum absolute atomic E-state index is 0.0333. The monoisotopic (exact) mass is 497 g/mol. The van der Waals surface area contributed by atoms with E-state index in [1.807, 2.05) is 6.92 Å². The first kappa shape index (κ1) is 26.6. The molecule has 0 aliphatic rings.